The number of hydrogen-bond donors (Lipinski definition) is 1. The van der Waals surface area contributed by atoms with Crippen molar-refractivity contribution < 1.29 is 32.2 Å². The minimum atomic E-state index is -4.88. The molecule has 1 atom stereocenters. The summed E-state index contributed by atoms with van der Waals surface area (Å²) in [6.07, 6.45) is 0.877. The molecule has 0 aliphatic carbocycles. The number of anilines is 1. The van der Waals surface area contributed by atoms with Gasteiger partial charge in [0.05, 0.1) is 12.8 Å². The van der Waals surface area contributed by atoms with E-state index in [1.54, 1.807) is 31.7 Å². The first kappa shape index (κ1) is 28.3. The van der Waals surface area contributed by atoms with Crippen LogP contribution in [0.15, 0.2) is 23.4 Å². The van der Waals surface area contributed by atoms with E-state index in [1.807, 2.05) is 11.8 Å². The Hall–Kier alpha value is -3.26. The van der Waals surface area contributed by atoms with Gasteiger partial charge in [-0.25, -0.2) is 15.1 Å². The molecule has 11 nitrogen and oxygen atoms in total. The summed E-state index contributed by atoms with van der Waals surface area (Å²) < 4.78 is 54.1. The summed E-state index contributed by atoms with van der Waals surface area (Å²) in [6, 6.07) is 0.0931. The lowest BCUT2D eigenvalue weighted by Crippen LogP contribution is -2.47. The number of nitrogens with one attached hydrogen (secondary N) is 1. The quantitative estimate of drug-likeness (QED) is 0.536. The molecule has 0 radical (unpaired) electrons. The number of H-pyrrole nitrogens is 1. The second-order valence-electron chi connectivity index (χ2n) is 8.65. The fourth-order valence-corrected chi connectivity index (χ4v) is 4.22. The number of hydrogen-bond acceptors (Lipinski definition) is 9. The Bertz CT molecular complexity index is 1070. The molecule has 1 amide bonds. The maximum absolute atomic E-state index is 13.1. The van der Waals surface area contributed by atoms with Crippen LogP contribution in [0.3, 0.4) is 0 Å². The molecule has 0 aromatic carbocycles. The van der Waals surface area contributed by atoms with Gasteiger partial charge in [0.15, 0.2) is 11.3 Å². The molecule has 2 saturated heterocycles. The maximum atomic E-state index is 13.1. The molecule has 0 saturated carbocycles. The molecule has 14 heteroatoms. The van der Waals surface area contributed by atoms with Gasteiger partial charge in [-0.3, -0.25) is 9.59 Å². The molecule has 0 spiro atoms. The Balaban J connectivity index is 0.00000121. The van der Waals surface area contributed by atoms with E-state index in [4.69, 9.17) is 9.47 Å². The SMILES string of the molecule is COC.Cc1cnc(N2CCC(N3CCC(OCCOc4cn[nH]c(=O)c4C(F)(F)F)C3=O)CC2)nc1. The first-order valence-corrected chi connectivity index (χ1v) is 11.8. The zero-order valence-corrected chi connectivity index (χ0v) is 21.0. The van der Waals surface area contributed by atoms with E-state index >= 15 is 0 Å². The molecule has 2 fully saturated rings. The second kappa shape index (κ2) is 12.8. The van der Waals surface area contributed by atoms with Gasteiger partial charge in [-0.05, 0) is 25.3 Å². The number of aryl methyl sites for hydroxylation is 1. The topological polar surface area (TPSA) is 123 Å². The number of halogens is 3. The van der Waals surface area contributed by atoms with Crippen molar-refractivity contribution in [1.82, 2.24) is 25.1 Å². The summed E-state index contributed by atoms with van der Waals surface area (Å²) in [5, 5.41) is 5.08. The van der Waals surface area contributed by atoms with Crippen molar-refractivity contribution >= 4 is 11.9 Å². The summed E-state index contributed by atoms with van der Waals surface area (Å²) in [4.78, 5) is 36.9. The molecule has 0 bridgehead atoms. The monoisotopic (exact) mass is 528 g/mol. The molecule has 2 aliphatic rings. The second-order valence-corrected chi connectivity index (χ2v) is 8.65. The highest BCUT2D eigenvalue weighted by Crippen LogP contribution is 2.32. The number of carbonyl (C=O) groups excluding carboxylic acids is 1. The van der Waals surface area contributed by atoms with E-state index < -0.39 is 29.2 Å². The first-order chi connectivity index (χ1) is 17.7. The lowest BCUT2D eigenvalue weighted by molar-refractivity contribution is -0.140. The summed E-state index contributed by atoms with van der Waals surface area (Å²) in [5.74, 6) is -0.121. The third kappa shape index (κ3) is 7.38. The molecule has 1 N–H and O–H groups in total. The van der Waals surface area contributed by atoms with E-state index in [0.717, 1.165) is 37.7 Å². The van der Waals surface area contributed by atoms with E-state index in [0.29, 0.717) is 18.9 Å². The van der Waals surface area contributed by atoms with Gasteiger partial charge < -0.3 is 24.0 Å². The summed E-state index contributed by atoms with van der Waals surface area (Å²) in [5.41, 5.74) is -1.84. The molecule has 204 valence electrons. The number of nitrogens with zero attached hydrogens (tertiary/aromatic N) is 5. The van der Waals surface area contributed by atoms with Crippen LogP contribution >= 0.6 is 0 Å². The van der Waals surface area contributed by atoms with Crippen molar-refractivity contribution in [3.63, 3.8) is 0 Å². The highest BCUT2D eigenvalue weighted by atomic mass is 19.4. The number of amides is 1. The minimum Gasteiger partial charge on any atom is -0.489 e. The average molecular weight is 529 g/mol. The lowest BCUT2D eigenvalue weighted by Gasteiger charge is -2.36. The van der Waals surface area contributed by atoms with Crippen LogP contribution in [0.1, 0.15) is 30.4 Å². The smallest absolute Gasteiger partial charge is 0.425 e. The molecule has 2 aromatic heterocycles. The molecule has 4 rings (SSSR count). The van der Waals surface area contributed by atoms with E-state index in [-0.39, 0.29) is 25.2 Å². The predicted octanol–water partition coefficient (Wildman–Crippen LogP) is 1.82. The highest BCUT2D eigenvalue weighted by molar-refractivity contribution is 5.83. The Labute approximate surface area is 211 Å². The van der Waals surface area contributed by atoms with Gasteiger partial charge in [-0.2, -0.15) is 18.3 Å². The van der Waals surface area contributed by atoms with Crippen molar-refractivity contribution in [2.24, 2.45) is 0 Å². The zero-order chi connectivity index (χ0) is 27.0. The first-order valence-electron chi connectivity index (χ1n) is 11.8. The number of aromatic nitrogens is 4. The molecule has 37 heavy (non-hydrogen) atoms. The van der Waals surface area contributed by atoms with Crippen molar-refractivity contribution in [2.45, 2.75) is 44.5 Å². The van der Waals surface area contributed by atoms with E-state index in [2.05, 4.69) is 24.7 Å². The van der Waals surface area contributed by atoms with E-state index in [1.165, 1.54) is 0 Å². The Morgan fingerprint density at radius 1 is 1.03 bits per heavy atom. The lowest BCUT2D eigenvalue weighted by atomic mass is 10.0. The number of methoxy groups -OCH3 is 1. The van der Waals surface area contributed by atoms with E-state index in [9.17, 15) is 22.8 Å². The van der Waals surface area contributed by atoms with Crippen LogP contribution in [-0.2, 0) is 20.4 Å². The summed E-state index contributed by atoms with van der Waals surface area (Å²) in [6.45, 7) is 3.61. The van der Waals surface area contributed by atoms with Gasteiger partial charge in [0.1, 0.15) is 12.7 Å². The minimum absolute atomic E-state index is 0.0931. The molecule has 4 heterocycles. The third-order valence-corrected chi connectivity index (χ3v) is 5.91. The normalized spacial score (nSPS) is 18.5. The number of ether oxygens (including phenoxy) is 3. The molecule has 2 aliphatic heterocycles. The third-order valence-electron chi connectivity index (χ3n) is 5.91. The van der Waals surface area contributed by atoms with Crippen LogP contribution in [0.4, 0.5) is 19.1 Å². The number of carbonyl (C=O) groups is 1. The number of piperidine rings is 1. The van der Waals surface area contributed by atoms with Gasteiger partial charge in [0.2, 0.25) is 5.95 Å². The van der Waals surface area contributed by atoms with Gasteiger partial charge in [-0.1, -0.05) is 0 Å². The van der Waals surface area contributed by atoms with Crippen LogP contribution in [-0.4, -0.2) is 90.2 Å². The Morgan fingerprint density at radius 3 is 2.30 bits per heavy atom. The van der Waals surface area contributed by atoms with Crippen LogP contribution < -0.4 is 15.2 Å². The largest absolute Gasteiger partial charge is 0.489 e. The van der Waals surface area contributed by atoms with Crippen molar-refractivity contribution in [3.8, 4) is 5.75 Å². The van der Waals surface area contributed by atoms with Gasteiger partial charge in [0.25, 0.3) is 11.5 Å². The molecular formula is C23H31F3N6O5. The van der Waals surface area contributed by atoms with Crippen LogP contribution in [0.5, 0.6) is 5.75 Å². The van der Waals surface area contributed by atoms with Crippen LogP contribution in [0.25, 0.3) is 0 Å². The fraction of sp³-hybridized carbons (Fsp3) is 0.609. The molecule has 1 unspecified atom stereocenters. The average Bonchev–Trinajstić information content (AvgIpc) is 3.22. The van der Waals surface area contributed by atoms with Gasteiger partial charge in [0, 0.05) is 58.7 Å². The molecule has 2 aromatic rings. The van der Waals surface area contributed by atoms with Crippen LogP contribution in [0, 0.1) is 6.92 Å². The van der Waals surface area contributed by atoms with Crippen LogP contribution in [0.2, 0.25) is 0 Å². The zero-order valence-electron chi connectivity index (χ0n) is 21.0. The number of alkyl halides is 3. The molecular weight excluding hydrogens is 497 g/mol. The van der Waals surface area contributed by atoms with Crippen molar-refractivity contribution in [1.29, 1.82) is 0 Å². The fourth-order valence-electron chi connectivity index (χ4n) is 4.22. The number of aromatic amines is 1. The van der Waals surface area contributed by atoms with Gasteiger partial charge >= 0.3 is 6.18 Å². The van der Waals surface area contributed by atoms with Crippen molar-refractivity contribution in [3.05, 3.63) is 40.1 Å². The number of likely N-dealkylation sites (tertiary alicyclic amines) is 1. The summed E-state index contributed by atoms with van der Waals surface area (Å²) >= 11 is 0. The van der Waals surface area contributed by atoms with Crippen molar-refractivity contribution in [2.75, 3.05) is 52.0 Å². The Morgan fingerprint density at radius 2 is 1.68 bits per heavy atom. The summed E-state index contributed by atoms with van der Waals surface area (Å²) in [7, 11) is 3.25. The standard InChI is InChI=1S/C21H25F3N6O4.C2H6O/c1-13-10-25-20(26-11-13)29-5-2-14(3-6-29)30-7-4-15(19(30)32)33-8-9-34-16-12-27-28-18(31)17(16)21(22,23)24;1-3-2/h10-12,14-15H,2-9H2,1H3,(H,28,31);1-2H3. The maximum Gasteiger partial charge on any atom is 0.425 e. The number of rotatable bonds is 7. The Kier molecular flexibility index (Phi) is 9.80. The predicted molar refractivity (Wildman–Crippen MR) is 126 cm³/mol. The van der Waals surface area contributed by atoms with Gasteiger partial charge in [-0.15, -0.1) is 0 Å². The highest BCUT2D eigenvalue weighted by Gasteiger charge is 2.39.